The number of aromatic amines is 1. The Bertz CT molecular complexity index is 1280. The lowest BCUT2D eigenvalue weighted by Gasteiger charge is -2.54. The molecule has 2 saturated carbocycles. The summed E-state index contributed by atoms with van der Waals surface area (Å²) in [7, 11) is 0. The van der Waals surface area contributed by atoms with Gasteiger partial charge in [0, 0.05) is 49.5 Å². The van der Waals surface area contributed by atoms with E-state index in [2.05, 4.69) is 36.1 Å². The fourth-order valence-electron chi connectivity index (χ4n) is 5.27. The summed E-state index contributed by atoms with van der Waals surface area (Å²) >= 11 is 0. The van der Waals surface area contributed by atoms with Crippen molar-refractivity contribution in [2.45, 2.75) is 63.7 Å². The normalized spacial score (nSPS) is 22.3. The maximum Gasteiger partial charge on any atom is 0.270 e. The van der Waals surface area contributed by atoms with Crippen molar-refractivity contribution in [2.75, 3.05) is 18.0 Å². The minimum absolute atomic E-state index is 0.0220. The second-order valence-electron chi connectivity index (χ2n) is 9.78. The second kappa shape index (κ2) is 8.51. The maximum absolute atomic E-state index is 12.2. The van der Waals surface area contributed by atoms with Crippen LogP contribution in [0.5, 0.6) is 0 Å². The van der Waals surface area contributed by atoms with Crippen molar-refractivity contribution in [1.29, 1.82) is 0 Å². The fraction of sp³-hybridized carbons (Fsp3) is 0.462. The van der Waals surface area contributed by atoms with Crippen molar-refractivity contribution in [3.8, 4) is 0 Å². The highest BCUT2D eigenvalue weighted by molar-refractivity contribution is 5.92. The van der Waals surface area contributed by atoms with Crippen LogP contribution in [0.3, 0.4) is 0 Å². The summed E-state index contributed by atoms with van der Waals surface area (Å²) in [5, 5.41) is 3.00. The Morgan fingerprint density at radius 1 is 1.09 bits per heavy atom. The van der Waals surface area contributed by atoms with E-state index in [1.807, 2.05) is 37.5 Å². The van der Waals surface area contributed by atoms with E-state index < -0.39 is 0 Å². The first-order valence-corrected chi connectivity index (χ1v) is 12.4. The molecule has 3 fully saturated rings. The Hall–Kier alpha value is -3.26. The largest absolute Gasteiger partial charge is 0.364 e. The van der Waals surface area contributed by atoms with Crippen molar-refractivity contribution in [2.24, 2.45) is 0 Å². The number of pyridine rings is 3. The molecule has 1 amide bonds. The van der Waals surface area contributed by atoms with Crippen LogP contribution in [0.2, 0.25) is 0 Å². The number of hydrogen-bond acceptors (Lipinski definition) is 6. The predicted molar refractivity (Wildman–Crippen MR) is 131 cm³/mol. The molecule has 0 radical (unpaired) electrons. The van der Waals surface area contributed by atoms with Crippen LogP contribution in [-0.4, -0.2) is 57.0 Å². The van der Waals surface area contributed by atoms with Crippen LogP contribution in [-0.2, 0) is 13.0 Å². The number of nitrogens with zero attached hydrogens (tertiary/aromatic N) is 4. The van der Waals surface area contributed by atoms with Gasteiger partial charge in [-0.25, -0.2) is 4.98 Å². The monoisotopic (exact) mass is 458 g/mol. The highest BCUT2D eigenvalue weighted by Crippen LogP contribution is 2.37. The van der Waals surface area contributed by atoms with Gasteiger partial charge in [0.2, 0.25) is 0 Å². The minimum atomic E-state index is -0.0725. The van der Waals surface area contributed by atoms with Crippen molar-refractivity contribution in [1.82, 2.24) is 25.2 Å². The molecule has 0 bridgehead atoms. The lowest BCUT2D eigenvalue weighted by Crippen LogP contribution is -2.64. The van der Waals surface area contributed by atoms with Gasteiger partial charge in [-0.05, 0) is 61.9 Å². The van der Waals surface area contributed by atoms with Crippen LogP contribution < -0.4 is 15.8 Å². The summed E-state index contributed by atoms with van der Waals surface area (Å²) in [6.07, 6.45) is 8.97. The molecule has 2 aliphatic carbocycles. The van der Waals surface area contributed by atoms with E-state index in [0.29, 0.717) is 30.2 Å². The third-order valence-electron chi connectivity index (χ3n) is 7.52. The molecular formula is C26H30N6O2. The number of fused-ring (bicyclic) bond motifs is 2. The number of carbonyl (C=O) groups excluding carboxylic acids is 1. The average molecular weight is 459 g/mol. The zero-order valence-electron chi connectivity index (χ0n) is 19.5. The van der Waals surface area contributed by atoms with E-state index in [1.165, 1.54) is 6.42 Å². The van der Waals surface area contributed by atoms with Crippen molar-refractivity contribution >= 4 is 22.6 Å². The Morgan fingerprint density at radius 2 is 1.94 bits per heavy atom. The fourth-order valence-corrected chi connectivity index (χ4v) is 5.27. The van der Waals surface area contributed by atoms with E-state index in [0.717, 1.165) is 66.7 Å². The molecule has 176 valence electrons. The van der Waals surface area contributed by atoms with Gasteiger partial charge < -0.3 is 15.2 Å². The van der Waals surface area contributed by atoms with Crippen molar-refractivity contribution in [3.63, 3.8) is 0 Å². The summed E-state index contributed by atoms with van der Waals surface area (Å²) < 4.78 is 0. The zero-order chi connectivity index (χ0) is 23.2. The van der Waals surface area contributed by atoms with Gasteiger partial charge in [0.25, 0.3) is 11.5 Å². The van der Waals surface area contributed by atoms with Crippen LogP contribution in [0.15, 0.2) is 41.5 Å². The van der Waals surface area contributed by atoms with Gasteiger partial charge in [-0.15, -0.1) is 0 Å². The first kappa shape index (κ1) is 21.3. The summed E-state index contributed by atoms with van der Waals surface area (Å²) in [5.41, 5.74) is 5.10. The number of carbonyl (C=O) groups is 1. The van der Waals surface area contributed by atoms with E-state index in [-0.39, 0.29) is 11.5 Å². The van der Waals surface area contributed by atoms with Gasteiger partial charge in [0.15, 0.2) is 0 Å². The van der Waals surface area contributed by atoms with E-state index in [4.69, 9.17) is 0 Å². The molecule has 3 aromatic heterocycles. The Balaban J connectivity index is 1.14. The third kappa shape index (κ3) is 3.96. The Labute approximate surface area is 198 Å². The van der Waals surface area contributed by atoms with Crippen molar-refractivity contribution < 1.29 is 4.79 Å². The van der Waals surface area contributed by atoms with Gasteiger partial charge in [-0.1, -0.05) is 6.92 Å². The number of rotatable bonds is 6. The summed E-state index contributed by atoms with van der Waals surface area (Å²) in [5.74, 6) is -0.0725. The van der Waals surface area contributed by atoms with Gasteiger partial charge in [0.05, 0.1) is 22.9 Å². The van der Waals surface area contributed by atoms with Gasteiger partial charge >= 0.3 is 0 Å². The Kier molecular flexibility index (Phi) is 5.32. The molecule has 2 atom stereocenters. The lowest BCUT2D eigenvalue weighted by molar-refractivity contribution is 0.0658. The van der Waals surface area contributed by atoms with Crippen LogP contribution in [0.1, 0.15) is 54.2 Å². The van der Waals surface area contributed by atoms with Gasteiger partial charge in [0.1, 0.15) is 5.69 Å². The minimum Gasteiger partial charge on any atom is -0.364 e. The third-order valence-corrected chi connectivity index (χ3v) is 7.52. The van der Waals surface area contributed by atoms with Gasteiger partial charge in [-0.3, -0.25) is 19.5 Å². The number of aromatic nitrogens is 3. The highest BCUT2D eigenvalue weighted by atomic mass is 16.2. The van der Waals surface area contributed by atoms with Crippen LogP contribution in [0, 0.1) is 0 Å². The molecule has 8 heteroatoms. The second-order valence-corrected chi connectivity index (χ2v) is 9.78. The maximum atomic E-state index is 12.2. The smallest absolute Gasteiger partial charge is 0.270 e. The number of hydrogen-bond donors (Lipinski definition) is 2. The van der Waals surface area contributed by atoms with Crippen molar-refractivity contribution in [3.05, 3.63) is 63.8 Å². The summed E-state index contributed by atoms with van der Waals surface area (Å²) in [6, 6.07) is 9.13. The van der Waals surface area contributed by atoms with Crippen LogP contribution in [0.4, 0.5) is 5.69 Å². The zero-order valence-corrected chi connectivity index (χ0v) is 19.5. The molecule has 1 aliphatic heterocycles. The number of anilines is 1. The molecule has 2 N–H and O–H groups in total. The summed E-state index contributed by atoms with van der Waals surface area (Å²) in [6.45, 7) is 4.69. The molecule has 34 heavy (non-hydrogen) atoms. The van der Waals surface area contributed by atoms with E-state index in [1.54, 1.807) is 0 Å². The topological polar surface area (TPSA) is 94.2 Å². The molecule has 3 aromatic rings. The number of piperazine rings is 1. The molecule has 4 heterocycles. The number of H-pyrrole nitrogens is 1. The van der Waals surface area contributed by atoms with E-state index in [9.17, 15) is 9.59 Å². The molecule has 6 rings (SSSR count). The number of nitrogens with one attached hydrogen (secondary N) is 2. The summed E-state index contributed by atoms with van der Waals surface area (Å²) in [4.78, 5) is 41.5. The molecule has 3 aliphatic rings. The first-order valence-electron chi connectivity index (χ1n) is 12.4. The Morgan fingerprint density at radius 3 is 2.65 bits per heavy atom. The predicted octanol–water partition coefficient (Wildman–Crippen LogP) is 2.63. The highest BCUT2D eigenvalue weighted by Gasteiger charge is 2.43. The number of aryl methyl sites for hydroxylation is 1. The quantitative estimate of drug-likeness (QED) is 0.590. The van der Waals surface area contributed by atoms with E-state index >= 15 is 0 Å². The molecular weight excluding hydrogens is 428 g/mol. The number of amides is 1. The lowest BCUT2D eigenvalue weighted by atomic mass is 9.81. The average Bonchev–Trinajstić information content (AvgIpc) is 3.63. The molecule has 0 unspecified atom stereocenters. The molecule has 8 nitrogen and oxygen atoms in total. The van der Waals surface area contributed by atoms with Crippen LogP contribution >= 0.6 is 0 Å². The van der Waals surface area contributed by atoms with Gasteiger partial charge in [-0.2, -0.15) is 0 Å². The molecule has 0 aromatic carbocycles. The SMILES string of the molecule is CCc1cc2ncc(CN3CCN(c4ccc(C(=O)NC5CC5)nc4)[C@@H]4CC[C@H]43)cc2[nH]c1=O. The molecule has 0 spiro atoms. The molecule has 1 saturated heterocycles. The standard InChI is InChI=1S/C26H30N6O2/c1-2-17-12-21-22(30-25(17)33)11-16(13-27-21)15-31-9-10-32(24-8-7-23(24)31)19-5-6-20(28-14-19)26(34)29-18-3-4-18/h5-6,11-14,18,23-24H,2-4,7-10,15H2,1H3,(H,29,34)(H,30,33)/t23-,24-/m1/s1. The van der Waals surface area contributed by atoms with Crippen LogP contribution in [0.25, 0.3) is 11.0 Å². The first-order chi connectivity index (χ1) is 16.6.